The molecule has 0 aromatic heterocycles. The van der Waals surface area contributed by atoms with Crippen LogP contribution >= 0.6 is 0 Å². The van der Waals surface area contributed by atoms with Gasteiger partial charge in [0, 0.05) is 20.2 Å². The fourth-order valence-electron chi connectivity index (χ4n) is 2.45. The van der Waals surface area contributed by atoms with Gasteiger partial charge in [-0.3, -0.25) is 0 Å². The standard InChI is InChI=1S/C13H17F2NO4S/c1-20-8-9-4-5-16(6-9)21(18,19)12-3-2-11(14)10(7-17)13(12)15/h2-3,9,17H,4-8H2,1H3. The van der Waals surface area contributed by atoms with Gasteiger partial charge < -0.3 is 9.84 Å². The van der Waals surface area contributed by atoms with E-state index in [1.54, 1.807) is 0 Å². The van der Waals surface area contributed by atoms with Crippen molar-refractivity contribution in [3.63, 3.8) is 0 Å². The second-order valence-corrected chi connectivity index (χ2v) is 6.88. The molecule has 1 aliphatic rings. The lowest BCUT2D eigenvalue weighted by molar-refractivity contribution is 0.157. The van der Waals surface area contributed by atoms with Crippen LogP contribution in [0.4, 0.5) is 8.78 Å². The first kappa shape index (κ1) is 16.3. The number of sulfonamides is 1. The van der Waals surface area contributed by atoms with E-state index < -0.39 is 38.7 Å². The zero-order chi connectivity index (χ0) is 15.6. The van der Waals surface area contributed by atoms with E-state index >= 15 is 0 Å². The lowest BCUT2D eigenvalue weighted by atomic mass is 10.1. The van der Waals surface area contributed by atoms with Crippen LogP contribution in [-0.2, 0) is 21.4 Å². The minimum Gasteiger partial charge on any atom is -0.391 e. The maximum Gasteiger partial charge on any atom is 0.246 e. The number of hydrogen-bond acceptors (Lipinski definition) is 4. The summed E-state index contributed by atoms with van der Waals surface area (Å²) in [6.45, 7) is 0.0379. The van der Waals surface area contributed by atoms with Crippen LogP contribution in [0.3, 0.4) is 0 Å². The molecule has 5 nitrogen and oxygen atoms in total. The second-order valence-electron chi connectivity index (χ2n) is 4.97. The van der Waals surface area contributed by atoms with Gasteiger partial charge in [-0.05, 0) is 24.5 Å². The highest BCUT2D eigenvalue weighted by molar-refractivity contribution is 7.89. The largest absolute Gasteiger partial charge is 0.391 e. The number of methoxy groups -OCH3 is 1. The molecule has 1 fully saturated rings. The SMILES string of the molecule is COCC1CCN(S(=O)(=O)c2ccc(F)c(CO)c2F)C1. The maximum absolute atomic E-state index is 14.1. The summed E-state index contributed by atoms with van der Waals surface area (Å²) in [6.07, 6.45) is 0.628. The fourth-order valence-corrected chi connectivity index (χ4v) is 4.07. The smallest absolute Gasteiger partial charge is 0.246 e. The van der Waals surface area contributed by atoms with Gasteiger partial charge >= 0.3 is 0 Å². The Morgan fingerprint density at radius 3 is 2.76 bits per heavy atom. The number of ether oxygens (including phenoxy) is 1. The molecule has 1 unspecified atom stereocenters. The molecule has 0 radical (unpaired) electrons. The van der Waals surface area contributed by atoms with Gasteiger partial charge in [-0.2, -0.15) is 4.31 Å². The second kappa shape index (κ2) is 6.35. The molecule has 2 rings (SSSR count). The number of hydrogen-bond donors (Lipinski definition) is 1. The van der Waals surface area contributed by atoms with Crippen molar-refractivity contribution in [2.24, 2.45) is 5.92 Å². The van der Waals surface area contributed by atoms with E-state index in [0.717, 1.165) is 16.4 Å². The van der Waals surface area contributed by atoms with Crippen LogP contribution < -0.4 is 0 Å². The molecule has 0 spiro atoms. The maximum atomic E-state index is 14.1. The Morgan fingerprint density at radius 1 is 1.43 bits per heavy atom. The molecule has 1 N–H and O–H groups in total. The molecule has 1 heterocycles. The number of rotatable bonds is 5. The van der Waals surface area contributed by atoms with Crippen molar-refractivity contribution in [1.82, 2.24) is 4.31 Å². The van der Waals surface area contributed by atoms with Crippen LogP contribution in [0.15, 0.2) is 17.0 Å². The van der Waals surface area contributed by atoms with Gasteiger partial charge in [0.1, 0.15) is 10.7 Å². The molecule has 0 bridgehead atoms. The first-order chi connectivity index (χ1) is 9.91. The highest BCUT2D eigenvalue weighted by Crippen LogP contribution is 2.28. The average Bonchev–Trinajstić information content (AvgIpc) is 2.89. The molecule has 118 valence electrons. The molecular weight excluding hydrogens is 304 g/mol. The Kier molecular flexibility index (Phi) is 4.92. The van der Waals surface area contributed by atoms with E-state index in [2.05, 4.69) is 0 Å². The van der Waals surface area contributed by atoms with E-state index in [0.29, 0.717) is 13.0 Å². The summed E-state index contributed by atoms with van der Waals surface area (Å²) in [5, 5.41) is 8.96. The number of aliphatic hydroxyl groups excluding tert-OH is 1. The minimum absolute atomic E-state index is 0.0607. The molecule has 0 aliphatic carbocycles. The molecule has 0 amide bonds. The van der Waals surface area contributed by atoms with E-state index in [4.69, 9.17) is 9.84 Å². The van der Waals surface area contributed by atoms with E-state index in [-0.39, 0.29) is 19.0 Å². The highest BCUT2D eigenvalue weighted by atomic mass is 32.2. The Hall–Kier alpha value is -1.09. The van der Waals surface area contributed by atoms with Gasteiger partial charge in [-0.1, -0.05) is 0 Å². The average molecular weight is 321 g/mol. The number of halogens is 2. The summed E-state index contributed by atoms with van der Waals surface area (Å²) < 4.78 is 58.4. The van der Waals surface area contributed by atoms with Crippen molar-refractivity contribution in [3.8, 4) is 0 Å². The molecule has 1 saturated heterocycles. The van der Waals surface area contributed by atoms with Crippen molar-refractivity contribution >= 4 is 10.0 Å². The van der Waals surface area contributed by atoms with Gasteiger partial charge in [-0.25, -0.2) is 17.2 Å². The Bertz CT molecular complexity index is 621. The first-order valence-corrected chi connectivity index (χ1v) is 7.92. The molecule has 8 heteroatoms. The molecule has 21 heavy (non-hydrogen) atoms. The predicted octanol–water partition coefficient (Wildman–Crippen LogP) is 1.11. The molecule has 1 aromatic carbocycles. The van der Waals surface area contributed by atoms with Crippen LogP contribution in [0.1, 0.15) is 12.0 Å². The van der Waals surface area contributed by atoms with Crippen molar-refractivity contribution in [1.29, 1.82) is 0 Å². The van der Waals surface area contributed by atoms with Crippen molar-refractivity contribution in [2.45, 2.75) is 17.9 Å². The summed E-state index contributed by atoms with van der Waals surface area (Å²) in [5.74, 6) is -2.13. The van der Waals surface area contributed by atoms with Gasteiger partial charge in [0.25, 0.3) is 0 Å². The molecular formula is C13H17F2NO4S. The highest BCUT2D eigenvalue weighted by Gasteiger charge is 2.35. The monoisotopic (exact) mass is 321 g/mol. The van der Waals surface area contributed by atoms with Crippen LogP contribution in [0.25, 0.3) is 0 Å². The zero-order valence-electron chi connectivity index (χ0n) is 11.6. The van der Waals surface area contributed by atoms with Gasteiger partial charge in [0.05, 0.1) is 18.8 Å². The fraction of sp³-hybridized carbons (Fsp3) is 0.538. The topological polar surface area (TPSA) is 66.8 Å². The number of benzene rings is 1. The lowest BCUT2D eigenvalue weighted by Crippen LogP contribution is -2.30. The van der Waals surface area contributed by atoms with Crippen molar-refractivity contribution < 1.29 is 27.0 Å². The minimum atomic E-state index is -4.04. The van der Waals surface area contributed by atoms with Crippen LogP contribution in [0.5, 0.6) is 0 Å². The third-order valence-corrected chi connectivity index (χ3v) is 5.46. The normalized spacial score (nSPS) is 20.1. The van der Waals surface area contributed by atoms with Crippen molar-refractivity contribution in [2.75, 3.05) is 26.8 Å². The summed E-state index contributed by atoms with van der Waals surface area (Å²) in [6, 6.07) is 1.74. The molecule has 1 aliphatic heterocycles. The quantitative estimate of drug-likeness (QED) is 0.882. The third-order valence-electron chi connectivity index (χ3n) is 3.58. The Labute approximate surface area is 122 Å². The summed E-state index contributed by atoms with van der Waals surface area (Å²) in [7, 11) is -2.51. The predicted molar refractivity (Wildman–Crippen MR) is 71.0 cm³/mol. The van der Waals surface area contributed by atoms with Crippen LogP contribution in [0.2, 0.25) is 0 Å². The summed E-state index contributed by atoms with van der Waals surface area (Å²) >= 11 is 0. The van der Waals surface area contributed by atoms with Gasteiger partial charge in [-0.15, -0.1) is 0 Å². The Balaban J connectivity index is 2.33. The molecule has 1 aromatic rings. The summed E-state index contributed by atoms with van der Waals surface area (Å²) in [5.41, 5.74) is -0.635. The lowest BCUT2D eigenvalue weighted by Gasteiger charge is -2.18. The van der Waals surface area contributed by atoms with Gasteiger partial charge in [0.15, 0.2) is 5.82 Å². The van der Waals surface area contributed by atoms with Crippen molar-refractivity contribution in [3.05, 3.63) is 29.3 Å². The van der Waals surface area contributed by atoms with Gasteiger partial charge in [0.2, 0.25) is 10.0 Å². The van der Waals surface area contributed by atoms with Crippen LogP contribution in [-0.4, -0.2) is 44.6 Å². The van der Waals surface area contributed by atoms with E-state index in [9.17, 15) is 17.2 Å². The molecule has 1 atom stereocenters. The third kappa shape index (κ3) is 3.08. The summed E-state index contributed by atoms with van der Waals surface area (Å²) in [4.78, 5) is -0.606. The Morgan fingerprint density at radius 2 is 2.14 bits per heavy atom. The van der Waals surface area contributed by atoms with E-state index in [1.807, 2.05) is 0 Å². The number of aliphatic hydroxyl groups is 1. The van der Waals surface area contributed by atoms with Crippen LogP contribution in [0, 0.1) is 17.6 Å². The number of nitrogens with zero attached hydrogens (tertiary/aromatic N) is 1. The zero-order valence-corrected chi connectivity index (χ0v) is 12.4. The van der Waals surface area contributed by atoms with E-state index in [1.165, 1.54) is 7.11 Å². The molecule has 0 saturated carbocycles. The first-order valence-electron chi connectivity index (χ1n) is 6.48.